The molecule has 1 aromatic rings. The Morgan fingerprint density at radius 3 is 2.44 bits per heavy atom. The number of hydrogen-bond acceptors (Lipinski definition) is 3. The van der Waals surface area contributed by atoms with Crippen molar-refractivity contribution in [2.45, 2.75) is 26.3 Å². The number of rotatable bonds is 6. The molecular formula is C13H18N2O3. The lowest BCUT2D eigenvalue weighted by Crippen LogP contribution is -2.42. The quantitative estimate of drug-likeness (QED) is 0.776. The van der Waals surface area contributed by atoms with Gasteiger partial charge in [-0.25, -0.2) is 0 Å². The minimum atomic E-state index is -0.653. The maximum atomic E-state index is 11.6. The zero-order chi connectivity index (χ0) is 13.5. The van der Waals surface area contributed by atoms with Crippen LogP contribution in [0.5, 0.6) is 5.75 Å². The molecule has 2 amide bonds. The van der Waals surface area contributed by atoms with Crippen LogP contribution in [0.15, 0.2) is 24.3 Å². The van der Waals surface area contributed by atoms with Gasteiger partial charge in [-0.1, -0.05) is 12.1 Å². The molecule has 0 aliphatic carbocycles. The summed E-state index contributed by atoms with van der Waals surface area (Å²) in [5.41, 5.74) is 5.91. The van der Waals surface area contributed by atoms with Gasteiger partial charge in [-0.2, -0.15) is 0 Å². The second kappa shape index (κ2) is 6.64. The average Bonchev–Trinajstić information content (AvgIpc) is 2.31. The van der Waals surface area contributed by atoms with Gasteiger partial charge in [0.15, 0.2) is 0 Å². The van der Waals surface area contributed by atoms with Crippen molar-refractivity contribution in [1.82, 2.24) is 5.32 Å². The van der Waals surface area contributed by atoms with Crippen LogP contribution in [0.1, 0.15) is 19.4 Å². The van der Waals surface area contributed by atoms with E-state index in [1.165, 1.54) is 0 Å². The van der Waals surface area contributed by atoms with Gasteiger partial charge >= 0.3 is 0 Å². The lowest BCUT2D eigenvalue weighted by molar-refractivity contribution is -0.126. The van der Waals surface area contributed by atoms with Gasteiger partial charge in [0.1, 0.15) is 11.8 Å². The van der Waals surface area contributed by atoms with Crippen molar-refractivity contribution in [2.75, 3.05) is 6.61 Å². The van der Waals surface area contributed by atoms with Gasteiger partial charge in [0.25, 0.3) is 0 Å². The lowest BCUT2D eigenvalue weighted by Gasteiger charge is -2.10. The smallest absolute Gasteiger partial charge is 0.239 e. The van der Waals surface area contributed by atoms with Crippen molar-refractivity contribution in [3.05, 3.63) is 29.8 Å². The first kappa shape index (κ1) is 14.0. The standard InChI is InChI=1S/C13H18N2O3/c1-3-18-11-6-4-10(5-7-11)8-12(16)15-9(2)13(14)17/h4-7,9H,3,8H2,1-2H3,(H2,14,17)(H,15,16)/t9-/m0/s1. The molecular weight excluding hydrogens is 232 g/mol. The Kier molecular flexibility index (Phi) is 5.17. The molecule has 0 fully saturated rings. The first-order chi connectivity index (χ1) is 8.52. The monoisotopic (exact) mass is 250 g/mol. The number of ether oxygens (including phenoxy) is 1. The van der Waals surface area contributed by atoms with Gasteiger partial charge in [-0.15, -0.1) is 0 Å². The number of nitrogens with one attached hydrogen (secondary N) is 1. The van der Waals surface area contributed by atoms with E-state index < -0.39 is 11.9 Å². The summed E-state index contributed by atoms with van der Waals surface area (Å²) < 4.78 is 5.30. The molecule has 0 saturated carbocycles. The first-order valence-corrected chi connectivity index (χ1v) is 5.83. The van der Waals surface area contributed by atoms with E-state index in [0.717, 1.165) is 11.3 Å². The molecule has 0 bridgehead atoms. The number of carbonyl (C=O) groups is 2. The molecule has 5 nitrogen and oxygen atoms in total. The predicted molar refractivity (Wildman–Crippen MR) is 68.1 cm³/mol. The molecule has 1 aromatic carbocycles. The van der Waals surface area contributed by atoms with E-state index in [4.69, 9.17) is 10.5 Å². The SMILES string of the molecule is CCOc1ccc(CC(=O)N[C@@H](C)C(N)=O)cc1. The molecule has 0 heterocycles. The van der Waals surface area contributed by atoms with Crippen LogP contribution in [0, 0.1) is 0 Å². The Balaban J connectivity index is 2.51. The van der Waals surface area contributed by atoms with E-state index in [1.807, 2.05) is 31.2 Å². The van der Waals surface area contributed by atoms with Crippen LogP contribution in [-0.2, 0) is 16.0 Å². The molecule has 0 aliphatic rings. The second-order valence-corrected chi connectivity index (χ2v) is 3.95. The summed E-state index contributed by atoms with van der Waals surface area (Å²) >= 11 is 0. The normalized spacial score (nSPS) is 11.7. The summed E-state index contributed by atoms with van der Waals surface area (Å²) in [6, 6.07) is 6.60. The zero-order valence-corrected chi connectivity index (χ0v) is 10.6. The van der Waals surface area contributed by atoms with Gasteiger partial charge in [0.05, 0.1) is 13.0 Å². The maximum absolute atomic E-state index is 11.6. The van der Waals surface area contributed by atoms with Crippen LogP contribution in [-0.4, -0.2) is 24.5 Å². The summed E-state index contributed by atoms with van der Waals surface area (Å²) in [6.45, 7) is 4.07. The van der Waals surface area contributed by atoms with Crippen LogP contribution in [0.2, 0.25) is 0 Å². The molecule has 0 aromatic heterocycles. The second-order valence-electron chi connectivity index (χ2n) is 3.95. The third-order valence-electron chi connectivity index (χ3n) is 2.40. The minimum absolute atomic E-state index is 0.212. The third-order valence-corrected chi connectivity index (χ3v) is 2.40. The minimum Gasteiger partial charge on any atom is -0.494 e. The van der Waals surface area contributed by atoms with Crippen molar-refractivity contribution in [2.24, 2.45) is 5.73 Å². The molecule has 0 unspecified atom stereocenters. The van der Waals surface area contributed by atoms with Gasteiger partial charge in [-0.3, -0.25) is 9.59 Å². The molecule has 1 atom stereocenters. The lowest BCUT2D eigenvalue weighted by atomic mass is 10.1. The summed E-state index contributed by atoms with van der Waals surface area (Å²) in [6.07, 6.45) is 0.212. The summed E-state index contributed by atoms with van der Waals surface area (Å²) in [7, 11) is 0. The van der Waals surface area contributed by atoms with Crippen LogP contribution in [0.3, 0.4) is 0 Å². The number of carbonyl (C=O) groups excluding carboxylic acids is 2. The van der Waals surface area contributed by atoms with Crippen LogP contribution < -0.4 is 15.8 Å². The maximum Gasteiger partial charge on any atom is 0.239 e. The van der Waals surface area contributed by atoms with E-state index in [2.05, 4.69) is 5.32 Å². The fourth-order valence-corrected chi connectivity index (χ4v) is 1.42. The summed E-state index contributed by atoms with van der Waals surface area (Å²) in [5, 5.41) is 2.52. The Morgan fingerprint density at radius 2 is 1.94 bits per heavy atom. The fourth-order valence-electron chi connectivity index (χ4n) is 1.42. The number of amides is 2. The number of primary amides is 1. The van der Waals surface area contributed by atoms with Crippen molar-refractivity contribution in [3.63, 3.8) is 0 Å². The van der Waals surface area contributed by atoms with Gasteiger partial charge in [-0.05, 0) is 31.5 Å². The molecule has 0 radical (unpaired) electrons. The zero-order valence-electron chi connectivity index (χ0n) is 10.6. The average molecular weight is 250 g/mol. The highest BCUT2D eigenvalue weighted by molar-refractivity contribution is 5.87. The van der Waals surface area contributed by atoms with E-state index >= 15 is 0 Å². The summed E-state index contributed by atoms with van der Waals surface area (Å²) in [4.78, 5) is 22.4. The molecule has 0 aliphatic heterocycles. The third kappa shape index (κ3) is 4.45. The largest absolute Gasteiger partial charge is 0.494 e. The van der Waals surface area contributed by atoms with Gasteiger partial charge in [0.2, 0.25) is 11.8 Å². The Morgan fingerprint density at radius 1 is 1.33 bits per heavy atom. The molecule has 3 N–H and O–H groups in total. The Labute approximate surface area is 106 Å². The topological polar surface area (TPSA) is 81.4 Å². The highest BCUT2D eigenvalue weighted by Gasteiger charge is 2.12. The highest BCUT2D eigenvalue weighted by Crippen LogP contribution is 2.12. The van der Waals surface area contributed by atoms with E-state index in [9.17, 15) is 9.59 Å². The van der Waals surface area contributed by atoms with E-state index in [1.54, 1.807) is 6.92 Å². The van der Waals surface area contributed by atoms with Crippen LogP contribution in [0.4, 0.5) is 0 Å². The van der Waals surface area contributed by atoms with Crippen LogP contribution >= 0.6 is 0 Å². The van der Waals surface area contributed by atoms with E-state index in [0.29, 0.717) is 6.61 Å². The van der Waals surface area contributed by atoms with Crippen molar-refractivity contribution >= 4 is 11.8 Å². The molecule has 0 spiro atoms. The van der Waals surface area contributed by atoms with E-state index in [-0.39, 0.29) is 12.3 Å². The van der Waals surface area contributed by atoms with Crippen LogP contribution in [0.25, 0.3) is 0 Å². The number of hydrogen-bond donors (Lipinski definition) is 2. The number of nitrogens with two attached hydrogens (primary N) is 1. The molecule has 0 saturated heterocycles. The van der Waals surface area contributed by atoms with Gasteiger partial charge in [0, 0.05) is 0 Å². The molecule has 1 rings (SSSR count). The Bertz CT molecular complexity index is 415. The van der Waals surface area contributed by atoms with Crippen molar-refractivity contribution < 1.29 is 14.3 Å². The molecule has 98 valence electrons. The van der Waals surface area contributed by atoms with Crippen molar-refractivity contribution in [3.8, 4) is 5.75 Å². The molecule has 18 heavy (non-hydrogen) atoms. The molecule has 5 heteroatoms. The van der Waals surface area contributed by atoms with Crippen molar-refractivity contribution in [1.29, 1.82) is 0 Å². The number of benzene rings is 1. The summed E-state index contributed by atoms with van der Waals surface area (Å²) in [5.74, 6) is -0.00679. The Hall–Kier alpha value is -2.04. The predicted octanol–water partition coefficient (Wildman–Crippen LogP) is 0.618. The first-order valence-electron chi connectivity index (χ1n) is 5.83. The highest BCUT2D eigenvalue weighted by atomic mass is 16.5. The fraction of sp³-hybridized carbons (Fsp3) is 0.385. The van der Waals surface area contributed by atoms with Gasteiger partial charge < -0.3 is 15.8 Å².